The van der Waals surface area contributed by atoms with Gasteiger partial charge in [0.2, 0.25) is 0 Å². The van der Waals surface area contributed by atoms with E-state index in [1.54, 1.807) is 27.7 Å². The van der Waals surface area contributed by atoms with Gasteiger partial charge in [0.15, 0.2) is 0 Å². The van der Waals surface area contributed by atoms with Crippen LogP contribution in [0.4, 0.5) is 0 Å². The summed E-state index contributed by atoms with van der Waals surface area (Å²) in [4.78, 5) is 42.6. The largest absolute Gasteiger partial charge is 0.333 e. The van der Waals surface area contributed by atoms with Crippen LogP contribution >= 0.6 is 15.0 Å². The van der Waals surface area contributed by atoms with Gasteiger partial charge in [0.05, 0.1) is 10.3 Å². The predicted octanol–water partition coefficient (Wildman–Crippen LogP) is 3.48. The molecule has 6 N–H and O–H groups in total. The fourth-order valence-electron chi connectivity index (χ4n) is 2.49. The number of ketones is 2. The fraction of sp³-hybridized carbons (Fsp3) is 0.882. The Labute approximate surface area is 162 Å². The van der Waals surface area contributed by atoms with E-state index in [9.17, 15) is 28.5 Å². The summed E-state index contributed by atoms with van der Waals surface area (Å²) < 4.78 is 23.1. The SMILES string of the molecule is CC(C)(CCCC(=O)CCCC(=O)CCCC(C)(C)P(N)(=O)O)P(N)(=O)O. The van der Waals surface area contributed by atoms with E-state index < -0.39 is 25.4 Å². The van der Waals surface area contributed by atoms with Crippen LogP contribution in [0.15, 0.2) is 0 Å². The molecule has 0 aliphatic rings. The zero-order valence-corrected chi connectivity index (χ0v) is 18.7. The predicted molar refractivity (Wildman–Crippen MR) is 108 cm³/mol. The highest BCUT2D eigenvalue weighted by molar-refractivity contribution is 7.57. The van der Waals surface area contributed by atoms with Crippen molar-refractivity contribution in [3.8, 4) is 0 Å². The van der Waals surface area contributed by atoms with Gasteiger partial charge in [-0.15, -0.1) is 0 Å². The van der Waals surface area contributed by atoms with Crippen molar-refractivity contribution in [1.82, 2.24) is 0 Å². The van der Waals surface area contributed by atoms with Crippen molar-refractivity contribution >= 4 is 26.6 Å². The van der Waals surface area contributed by atoms with Crippen molar-refractivity contribution < 1.29 is 28.5 Å². The molecule has 0 saturated heterocycles. The molecule has 0 aromatic carbocycles. The molecule has 160 valence electrons. The number of carbonyl (C=O) groups is 2. The van der Waals surface area contributed by atoms with Crippen molar-refractivity contribution in [2.75, 3.05) is 0 Å². The lowest BCUT2D eigenvalue weighted by Gasteiger charge is -2.26. The van der Waals surface area contributed by atoms with Crippen molar-refractivity contribution in [1.29, 1.82) is 0 Å². The Hall–Kier alpha value is -0.360. The molecule has 0 amide bonds. The summed E-state index contributed by atoms with van der Waals surface area (Å²) in [5.41, 5.74) is 10.6. The quantitative estimate of drug-likeness (QED) is 0.307. The minimum atomic E-state index is -3.69. The molecule has 27 heavy (non-hydrogen) atoms. The van der Waals surface area contributed by atoms with E-state index in [1.165, 1.54) is 0 Å². The molecule has 0 radical (unpaired) electrons. The van der Waals surface area contributed by atoms with Gasteiger partial charge in [0.25, 0.3) is 15.0 Å². The Bertz CT molecular complexity index is 555. The number of carbonyl (C=O) groups excluding carboxylic acids is 2. The maximum atomic E-state index is 11.9. The topological polar surface area (TPSA) is 161 Å². The molecule has 2 atom stereocenters. The lowest BCUT2D eigenvalue weighted by molar-refractivity contribution is -0.120. The smallest absolute Gasteiger partial charge is 0.270 e. The van der Waals surface area contributed by atoms with Crippen LogP contribution in [0.3, 0.4) is 0 Å². The maximum Gasteiger partial charge on any atom is 0.270 e. The lowest BCUT2D eigenvalue weighted by atomic mass is 9.99. The van der Waals surface area contributed by atoms with Crippen molar-refractivity contribution in [3.63, 3.8) is 0 Å². The Balaban J connectivity index is 4.00. The number of Topliss-reactive ketones (excluding diaryl/α,β-unsaturated/α-hetero) is 2. The van der Waals surface area contributed by atoms with Crippen LogP contribution in [0.25, 0.3) is 0 Å². The van der Waals surface area contributed by atoms with Crippen molar-refractivity contribution in [2.45, 2.75) is 95.8 Å². The van der Waals surface area contributed by atoms with E-state index in [0.717, 1.165) is 0 Å². The van der Waals surface area contributed by atoms with E-state index in [1.807, 2.05) is 0 Å². The first-order chi connectivity index (χ1) is 12.0. The first kappa shape index (κ1) is 26.6. The van der Waals surface area contributed by atoms with Gasteiger partial charge in [0.1, 0.15) is 11.6 Å². The summed E-state index contributed by atoms with van der Waals surface area (Å²) in [5, 5.41) is -1.84. The van der Waals surface area contributed by atoms with Crippen molar-refractivity contribution in [2.24, 2.45) is 11.0 Å². The monoisotopic (exact) mass is 426 g/mol. The van der Waals surface area contributed by atoms with Gasteiger partial charge >= 0.3 is 0 Å². The highest BCUT2D eigenvalue weighted by Crippen LogP contribution is 2.50. The van der Waals surface area contributed by atoms with Gasteiger partial charge in [-0.3, -0.25) is 29.7 Å². The zero-order chi connectivity index (χ0) is 21.5. The number of hydrogen-bond donors (Lipinski definition) is 4. The lowest BCUT2D eigenvalue weighted by Crippen LogP contribution is -2.24. The van der Waals surface area contributed by atoms with Crippen LogP contribution in [0.2, 0.25) is 0 Å². The summed E-state index contributed by atoms with van der Waals surface area (Å²) >= 11 is 0. The highest BCUT2D eigenvalue weighted by atomic mass is 31.2. The molecular weight excluding hydrogens is 390 g/mol. The normalized spacial score (nSPS) is 17.2. The van der Waals surface area contributed by atoms with Crippen LogP contribution in [0, 0.1) is 0 Å². The molecule has 0 bridgehead atoms. The fourth-order valence-corrected chi connectivity index (χ4v) is 3.45. The maximum absolute atomic E-state index is 11.9. The molecule has 0 fully saturated rings. The second-order valence-electron chi connectivity index (χ2n) is 8.51. The summed E-state index contributed by atoms with van der Waals surface area (Å²) in [5.74, 6) is 0.0442. The van der Waals surface area contributed by atoms with Gasteiger partial charge in [-0.2, -0.15) is 0 Å². The highest BCUT2D eigenvalue weighted by Gasteiger charge is 2.35. The van der Waals surface area contributed by atoms with Gasteiger partial charge in [-0.05, 0) is 59.8 Å². The molecule has 0 aromatic rings. The molecule has 0 aromatic heterocycles. The van der Waals surface area contributed by atoms with Gasteiger partial charge in [-0.1, -0.05) is 0 Å². The van der Waals surface area contributed by atoms with Crippen LogP contribution in [0.1, 0.15) is 85.5 Å². The molecular formula is C17H36N2O6P2. The van der Waals surface area contributed by atoms with Crippen LogP contribution < -0.4 is 11.0 Å². The molecule has 8 nitrogen and oxygen atoms in total. The third-order valence-electron chi connectivity index (χ3n) is 5.13. The molecule has 0 spiro atoms. The third kappa shape index (κ3) is 10.1. The average Bonchev–Trinajstić information content (AvgIpc) is 2.44. The number of nitrogens with two attached hydrogens (primary N) is 2. The molecule has 0 heterocycles. The molecule has 0 aliphatic carbocycles. The second-order valence-corrected chi connectivity index (χ2v) is 13.4. The van der Waals surface area contributed by atoms with Gasteiger partial charge in [0, 0.05) is 25.7 Å². The Morgan fingerprint density at radius 3 is 1.22 bits per heavy atom. The standard InChI is InChI=1S/C17H36N2O6P2/c1-16(2,26(18,22)23)12-6-10-14(20)8-5-9-15(21)11-7-13-17(3,4)27(19,24)25/h5-13H2,1-4H3,(H3,18,22,23)(H3,19,24,25). The van der Waals surface area contributed by atoms with E-state index in [2.05, 4.69) is 0 Å². The summed E-state index contributed by atoms with van der Waals surface area (Å²) in [6.45, 7) is 6.44. The van der Waals surface area contributed by atoms with Crippen LogP contribution in [-0.2, 0) is 18.7 Å². The Morgan fingerprint density at radius 1 is 0.704 bits per heavy atom. The molecule has 0 saturated carbocycles. The summed E-state index contributed by atoms with van der Waals surface area (Å²) in [6.07, 6.45) is 3.39. The number of hydrogen-bond acceptors (Lipinski definition) is 4. The van der Waals surface area contributed by atoms with Crippen LogP contribution in [0.5, 0.6) is 0 Å². The van der Waals surface area contributed by atoms with E-state index in [4.69, 9.17) is 11.0 Å². The van der Waals surface area contributed by atoms with E-state index >= 15 is 0 Å². The Kier molecular flexibility index (Phi) is 10.3. The average molecular weight is 426 g/mol. The molecule has 0 rings (SSSR count). The second kappa shape index (κ2) is 10.4. The molecule has 10 heteroatoms. The first-order valence-electron chi connectivity index (χ1n) is 9.26. The van der Waals surface area contributed by atoms with E-state index in [0.29, 0.717) is 57.8 Å². The van der Waals surface area contributed by atoms with Crippen LogP contribution in [-0.4, -0.2) is 31.7 Å². The zero-order valence-electron chi connectivity index (χ0n) is 16.9. The summed E-state index contributed by atoms with van der Waals surface area (Å²) in [7, 11) is -7.39. The minimum Gasteiger partial charge on any atom is -0.333 e. The summed E-state index contributed by atoms with van der Waals surface area (Å²) in [6, 6.07) is 0. The Morgan fingerprint density at radius 2 is 0.963 bits per heavy atom. The first-order valence-corrected chi connectivity index (χ1v) is 12.7. The minimum absolute atomic E-state index is 0.0221. The van der Waals surface area contributed by atoms with Crippen molar-refractivity contribution in [3.05, 3.63) is 0 Å². The molecule has 0 aliphatic heterocycles. The molecule has 2 unspecified atom stereocenters. The van der Waals surface area contributed by atoms with Gasteiger partial charge in [-0.25, -0.2) is 0 Å². The number of rotatable bonds is 14. The van der Waals surface area contributed by atoms with Gasteiger partial charge < -0.3 is 9.79 Å². The third-order valence-corrected chi connectivity index (χ3v) is 9.05. The van der Waals surface area contributed by atoms with E-state index in [-0.39, 0.29) is 11.6 Å².